The second-order valence-corrected chi connectivity index (χ2v) is 7.80. The van der Waals surface area contributed by atoms with Crippen LogP contribution in [-0.4, -0.2) is 18.8 Å². The highest BCUT2D eigenvalue weighted by Crippen LogP contribution is 2.27. The molecular formula is C16H25NO3S. The van der Waals surface area contributed by atoms with Crippen LogP contribution in [0.1, 0.15) is 63.5 Å². The summed E-state index contributed by atoms with van der Waals surface area (Å²) >= 11 is 0. The molecule has 1 aliphatic rings. The third kappa shape index (κ3) is 4.45. The molecule has 1 atom stereocenters. The van der Waals surface area contributed by atoms with Crippen LogP contribution in [0.25, 0.3) is 0 Å². The van der Waals surface area contributed by atoms with E-state index in [1.807, 2.05) is 13.0 Å². The maximum Gasteiger partial charge on any atom is 0.235 e. The van der Waals surface area contributed by atoms with Crippen LogP contribution in [0.3, 0.4) is 0 Å². The van der Waals surface area contributed by atoms with E-state index in [2.05, 4.69) is 4.72 Å². The zero-order valence-corrected chi connectivity index (χ0v) is 13.4. The van der Waals surface area contributed by atoms with Gasteiger partial charge in [-0.05, 0) is 37.0 Å². The van der Waals surface area contributed by atoms with Crippen LogP contribution in [0, 0.1) is 0 Å². The van der Waals surface area contributed by atoms with Gasteiger partial charge in [0, 0.05) is 5.69 Å². The van der Waals surface area contributed by atoms with Gasteiger partial charge in [-0.15, -0.1) is 0 Å². The van der Waals surface area contributed by atoms with Crippen LogP contribution in [0.4, 0.5) is 5.69 Å². The fraction of sp³-hybridized carbons (Fsp3) is 0.625. The van der Waals surface area contributed by atoms with Gasteiger partial charge in [0.2, 0.25) is 10.0 Å². The first kappa shape index (κ1) is 16.3. The molecule has 0 spiro atoms. The third-order valence-electron chi connectivity index (χ3n) is 4.08. The topological polar surface area (TPSA) is 66.4 Å². The van der Waals surface area contributed by atoms with Crippen molar-refractivity contribution in [3.63, 3.8) is 0 Å². The molecule has 1 unspecified atom stereocenters. The summed E-state index contributed by atoms with van der Waals surface area (Å²) < 4.78 is 27.5. The summed E-state index contributed by atoms with van der Waals surface area (Å²) in [5, 5.41) is 9.73. The van der Waals surface area contributed by atoms with Crippen molar-refractivity contribution in [1.29, 1.82) is 0 Å². The van der Waals surface area contributed by atoms with Crippen molar-refractivity contribution < 1.29 is 13.5 Å². The molecular weight excluding hydrogens is 286 g/mol. The monoisotopic (exact) mass is 311 g/mol. The maximum atomic E-state index is 12.4. The lowest BCUT2D eigenvalue weighted by atomic mass is 10.0. The number of nitrogens with one attached hydrogen (secondary N) is 1. The first-order valence-electron chi connectivity index (χ1n) is 7.82. The molecule has 0 aromatic heterocycles. The highest BCUT2D eigenvalue weighted by atomic mass is 32.2. The second kappa shape index (κ2) is 7.27. The summed E-state index contributed by atoms with van der Waals surface area (Å²) in [7, 11) is -3.32. The van der Waals surface area contributed by atoms with E-state index >= 15 is 0 Å². The summed E-state index contributed by atoms with van der Waals surface area (Å²) in [6.45, 7) is 2.01. The Morgan fingerprint density at radius 1 is 1.29 bits per heavy atom. The minimum absolute atomic E-state index is 0.282. The van der Waals surface area contributed by atoms with Gasteiger partial charge in [-0.1, -0.05) is 44.7 Å². The predicted octanol–water partition coefficient (Wildman–Crippen LogP) is 3.59. The fourth-order valence-corrected chi connectivity index (χ4v) is 4.45. The fourth-order valence-electron chi connectivity index (χ4n) is 2.87. The van der Waals surface area contributed by atoms with E-state index in [-0.39, 0.29) is 5.25 Å². The molecule has 0 aliphatic heterocycles. The molecule has 2 N–H and O–H groups in total. The van der Waals surface area contributed by atoms with Crippen molar-refractivity contribution in [1.82, 2.24) is 0 Å². The highest BCUT2D eigenvalue weighted by Gasteiger charge is 2.27. The van der Waals surface area contributed by atoms with Crippen molar-refractivity contribution in [2.24, 2.45) is 0 Å². The van der Waals surface area contributed by atoms with Gasteiger partial charge in [0.05, 0.1) is 11.4 Å². The van der Waals surface area contributed by atoms with Gasteiger partial charge < -0.3 is 5.11 Å². The van der Waals surface area contributed by atoms with Gasteiger partial charge in [-0.25, -0.2) is 8.42 Å². The lowest BCUT2D eigenvalue weighted by Crippen LogP contribution is -2.29. The van der Waals surface area contributed by atoms with E-state index in [1.54, 1.807) is 18.2 Å². The van der Waals surface area contributed by atoms with Crippen molar-refractivity contribution in [2.45, 2.75) is 63.2 Å². The van der Waals surface area contributed by atoms with Gasteiger partial charge in [-0.3, -0.25) is 4.72 Å². The molecule has 0 amide bonds. The van der Waals surface area contributed by atoms with E-state index in [9.17, 15) is 13.5 Å². The average Bonchev–Trinajstić information content (AvgIpc) is 2.48. The molecule has 0 heterocycles. The van der Waals surface area contributed by atoms with Gasteiger partial charge in [0.25, 0.3) is 0 Å². The minimum atomic E-state index is -3.32. The Kier molecular flexibility index (Phi) is 5.65. The molecule has 2 rings (SSSR count). The number of sulfonamides is 1. The molecule has 1 aromatic carbocycles. The molecule has 0 radical (unpaired) electrons. The van der Waals surface area contributed by atoms with Crippen LogP contribution < -0.4 is 4.72 Å². The van der Waals surface area contributed by atoms with Crippen LogP contribution in [-0.2, 0) is 10.0 Å². The smallest absolute Gasteiger partial charge is 0.235 e. The quantitative estimate of drug-likeness (QED) is 0.843. The number of aliphatic hydroxyl groups is 1. The standard InChI is InChI=1S/C16H25NO3S/c1-2-7-16(18)13-8-6-9-14(12-13)17-21(19,20)15-10-4-3-5-11-15/h6,8-9,12,15-18H,2-5,7,10-11H2,1H3. The average molecular weight is 311 g/mol. The highest BCUT2D eigenvalue weighted by molar-refractivity contribution is 7.93. The van der Waals surface area contributed by atoms with E-state index in [4.69, 9.17) is 0 Å². The normalized spacial score (nSPS) is 18.4. The Morgan fingerprint density at radius 3 is 2.67 bits per heavy atom. The Hall–Kier alpha value is -1.07. The van der Waals surface area contributed by atoms with Gasteiger partial charge in [0.15, 0.2) is 0 Å². The van der Waals surface area contributed by atoms with Crippen LogP contribution in [0.15, 0.2) is 24.3 Å². The lowest BCUT2D eigenvalue weighted by Gasteiger charge is -2.22. The Morgan fingerprint density at radius 2 is 2.00 bits per heavy atom. The third-order valence-corrected chi connectivity index (χ3v) is 5.95. The summed E-state index contributed by atoms with van der Waals surface area (Å²) in [6.07, 6.45) is 5.62. The SMILES string of the molecule is CCCC(O)c1cccc(NS(=O)(=O)C2CCCCC2)c1. The second-order valence-electron chi connectivity index (χ2n) is 5.84. The van der Waals surface area contributed by atoms with Crippen molar-refractivity contribution in [2.75, 3.05) is 4.72 Å². The molecule has 1 aliphatic carbocycles. The van der Waals surface area contributed by atoms with Crippen LogP contribution in [0.5, 0.6) is 0 Å². The number of hydrogen-bond donors (Lipinski definition) is 2. The summed E-state index contributed by atoms with van der Waals surface area (Å²) in [5.41, 5.74) is 1.31. The van der Waals surface area contributed by atoms with Crippen LogP contribution >= 0.6 is 0 Å². The zero-order chi connectivity index (χ0) is 15.3. The molecule has 0 bridgehead atoms. The van der Waals surface area contributed by atoms with Gasteiger partial charge in [0.1, 0.15) is 0 Å². The minimum Gasteiger partial charge on any atom is -0.388 e. The first-order chi connectivity index (χ1) is 10.0. The number of hydrogen-bond acceptors (Lipinski definition) is 3. The number of rotatable bonds is 6. The molecule has 21 heavy (non-hydrogen) atoms. The van der Waals surface area contributed by atoms with E-state index in [1.165, 1.54) is 0 Å². The molecule has 1 saturated carbocycles. The van der Waals surface area contributed by atoms with Gasteiger partial charge >= 0.3 is 0 Å². The van der Waals surface area contributed by atoms with E-state index < -0.39 is 16.1 Å². The number of aliphatic hydroxyl groups excluding tert-OH is 1. The summed E-state index contributed by atoms with van der Waals surface area (Å²) in [6, 6.07) is 7.09. The Balaban J connectivity index is 2.09. The van der Waals surface area contributed by atoms with Gasteiger partial charge in [-0.2, -0.15) is 0 Å². The molecule has 5 heteroatoms. The predicted molar refractivity (Wildman–Crippen MR) is 85.7 cm³/mol. The summed E-state index contributed by atoms with van der Waals surface area (Å²) in [4.78, 5) is 0. The number of benzene rings is 1. The van der Waals surface area contributed by atoms with Crippen molar-refractivity contribution in [3.05, 3.63) is 29.8 Å². The van der Waals surface area contributed by atoms with Crippen molar-refractivity contribution in [3.8, 4) is 0 Å². The summed E-state index contributed by atoms with van der Waals surface area (Å²) in [5.74, 6) is 0. The largest absolute Gasteiger partial charge is 0.388 e. The molecule has 118 valence electrons. The lowest BCUT2D eigenvalue weighted by molar-refractivity contribution is 0.166. The Labute approximate surface area is 127 Å². The molecule has 4 nitrogen and oxygen atoms in total. The van der Waals surface area contributed by atoms with Crippen molar-refractivity contribution >= 4 is 15.7 Å². The molecule has 0 saturated heterocycles. The van der Waals surface area contributed by atoms with E-state index in [0.717, 1.165) is 44.1 Å². The van der Waals surface area contributed by atoms with E-state index in [0.29, 0.717) is 12.1 Å². The Bertz CT molecular complexity index is 550. The number of anilines is 1. The van der Waals surface area contributed by atoms with Crippen LogP contribution in [0.2, 0.25) is 0 Å². The molecule has 1 fully saturated rings. The zero-order valence-electron chi connectivity index (χ0n) is 12.6. The maximum absolute atomic E-state index is 12.4. The molecule has 1 aromatic rings. The first-order valence-corrected chi connectivity index (χ1v) is 9.37.